The first-order valence-corrected chi connectivity index (χ1v) is 5.82. The second-order valence-corrected chi connectivity index (χ2v) is 4.59. The number of nitriles is 1. The zero-order valence-corrected chi connectivity index (χ0v) is 11.4. The number of methoxy groups -OCH3 is 1. The third-order valence-corrected chi connectivity index (χ3v) is 3.05. The fourth-order valence-corrected chi connectivity index (χ4v) is 1.81. The molecule has 0 heterocycles. The first-order chi connectivity index (χ1) is 7.99. The highest BCUT2D eigenvalue weighted by Crippen LogP contribution is 2.33. The molecule has 4 heteroatoms. The van der Waals surface area contributed by atoms with Crippen molar-refractivity contribution in [3.8, 4) is 11.8 Å². The van der Waals surface area contributed by atoms with Crippen molar-refractivity contribution in [2.24, 2.45) is 5.92 Å². The molecule has 1 unspecified atom stereocenters. The Balaban J connectivity index is 3.04. The van der Waals surface area contributed by atoms with Crippen LogP contribution >= 0.6 is 11.6 Å². The summed E-state index contributed by atoms with van der Waals surface area (Å²) in [6.07, 6.45) is 0. The van der Waals surface area contributed by atoms with Crippen molar-refractivity contribution in [2.45, 2.75) is 13.8 Å². The molecule has 0 amide bonds. The molecular weight excluding hydrogens is 236 g/mol. The van der Waals surface area contributed by atoms with E-state index in [2.05, 4.69) is 6.07 Å². The van der Waals surface area contributed by atoms with Gasteiger partial charge >= 0.3 is 0 Å². The summed E-state index contributed by atoms with van der Waals surface area (Å²) in [4.78, 5) is 2.01. The number of nitrogens with zero attached hydrogens (tertiary/aromatic N) is 2. The van der Waals surface area contributed by atoms with Crippen LogP contribution in [0.2, 0.25) is 5.02 Å². The standard InChI is InChI=1S/C13H17ClN2O/c1-9(7-15)8-16(3)12-5-10(2)11(14)6-13(12)17-4/h5-6,9H,8H2,1-4H3. The van der Waals surface area contributed by atoms with Gasteiger partial charge in [-0.1, -0.05) is 11.6 Å². The van der Waals surface area contributed by atoms with Crippen LogP contribution in [0.5, 0.6) is 5.75 Å². The van der Waals surface area contributed by atoms with Crippen LogP contribution in [0.4, 0.5) is 5.69 Å². The van der Waals surface area contributed by atoms with Gasteiger partial charge in [0, 0.05) is 24.7 Å². The quantitative estimate of drug-likeness (QED) is 0.825. The zero-order valence-electron chi connectivity index (χ0n) is 10.6. The molecule has 0 fully saturated rings. The second-order valence-electron chi connectivity index (χ2n) is 4.18. The second kappa shape index (κ2) is 5.79. The Morgan fingerprint density at radius 2 is 2.18 bits per heavy atom. The number of ether oxygens (including phenoxy) is 1. The van der Waals surface area contributed by atoms with Crippen LogP contribution < -0.4 is 9.64 Å². The summed E-state index contributed by atoms with van der Waals surface area (Å²) in [5.41, 5.74) is 1.95. The van der Waals surface area contributed by atoms with Gasteiger partial charge in [0.15, 0.2) is 0 Å². The van der Waals surface area contributed by atoms with Gasteiger partial charge in [-0.05, 0) is 25.5 Å². The van der Waals surface area contributed by atoms with Crippen LogP contribution in [0.3, 0.4) is 0 Å². The molecule has 17 heavy (non-hydrogen) atoms. The molecule has 1 rings (SSSR count). The molecule has 1 atom stereocenters. The normalized spacial score (nSPS) is 11.8. The number of halogens is 1. The maximum Gasteiger partial charge on any atom is 0.143 e. The van der Waals surface area contributed by atoms with E-state index in [1.54, 1.807) is 13.2 Å². The summed E-state index contributed by atoms with van der Waals surface area (Å²) in [5, 5.41) is 9.51. The lowest BCUT2D eigenvalue weighted by Gasteiger charge is -2.23. The number of aryl methyl sites for hydroxylation is 1. The molecule has 0 radical (unpaired) electrons. The molecule has 0 saturated carbocycles. The first kappa shape index (κ1) is 13.7. The molecule has 0 N–H and O–H groups in total. The van der Waals surface area contributed by atoms with Gasteiger partial charge in [0.05, 0.1) is 24.8 Å². The van der Waals surface area contributed by atoms with Crippen LogP contribution in [0, 0.1) is 24.2 Å². The van der Waals surface area contributed by atoms with Crippen LogP contribution in [0.1, 0.15) is 12.5 Å². The van der Waals surface area contributed by atoms with E-state index in [-0.39, 0.29) is 5.92 Å². The number of rotatable bonds is 4. The summed E-state index contributed by atoms with van der Waals surface area (Å²) >= 11 is 6.05. The van der Waals surface area contributed by atoms with Gasteiger partial charge in [-0.15, -0.1) is 0 Å². The molecule has 92 valence electrons. The summed E-state index contributed by atoms with van der Waals surface area (Å²) < 4.78 is 5.31. The van der Waals surface area contributed by atoms with Gasteiger partial charge in [0.25, 0.3) is 0 Å². The fourth-order valence-electron chi connectivity index (χ4n) is 1.66. The highest BCUT2D eigenvalue weighted by Gasteiger charge is 2.13. The summed E-state index contributed by atoms with van der Waals surface area (Å²) in [6, 6.07) is 6.00. The van der Waals surface area contributed by atoms with E-state index in [9.17, 15) is 0 Å². The topological polar surface area (TPSA) is 36.3 Å². The molecule has 1 aromatic carbocycles. The van der Waals surface area contributed by atoms with Gasteiger partial charge < -0.3 is 9.64 Å². The molecule has 0 bridgehead atoms. The number of hydrogen-bond donors (Lipinski definition) is 0. The highest BCUT2D eigenvalue weighted by atomic mass is 35.5. The zero-order chi connectivity index (χ0) is 13.0. The Morgan fingerprint density at radius 1 is 1.53 bits per heavy atom. The van der Waals surface area contributed by atoms with E-state index in [1.807, 2.05) is 31.9 Å². The Hall–Kier alpha value is -1.40. The predicted molar refractivity (Wildman–Crippen MR) is 70.8 cm³/mol. The first-order valence-electron chi connectivity index (χ1n) is 5.44. The molecule has 0 aliphatic carbocycles. The van der Waals surface area contributed by atoms with E-state index >= 15 is 0 Å². The summed E-state index contributed by atoms with van der Waals surface area (Å²) in [6.45, 7) is 4.51. The third kappa shape index (κ3) is 3.28. The maximum atomic E-state index is 8.83. The number of anilines is 1. The highest BCUT2D eigenvalue weighted by molar-refractivity contribution is 6.31. The SMILES string of the molecule is COc1cc(Cl)c(C)cc1N(C)CC(C)C#N. The Morgan fingerprint density at radius 3 is 2.71 bits per heavy atom. The van der Waals surface area contributed by atoms with Crippen molar-refractivity contribution in [3.05, 3.63) is 22.7 Å². The van der Waals surface area contributed by atoms with Gasteiger partial charge in [-0.25, -0.2) is 0 Å². The van der Waals surface area contributed by atoms with Crippen molar-refractivity contribution in [2.75, 3.05) is 25.6 Å². The molecule has 0 aromatic heterocycles. The fraction of sp³-hybridized carbons (Fsp3) is 0.462. The number of hydrogen-bond acceptors (Lipinski definition) is 3. The minimum atomic E-state index is -0.0271. The molecule has 0 saturated heterocycles. The molecule has 0 aliphatic rings. The van der Waals surface area contributed by atoms with E-state index in [1.165, 1.54) is 0 Å². The van der Waals surface area contributed by atoms with Crippen LogP contribution in [-0.2, 0) is 0 Å². The van der Waals surface area contributed by atoms with Crippen molar-refractivity contribution >= 4 is 17.3 Å². The van der Waals surface area contributed by atoms with E-state index in [0.717, 1.165) is 17.0 Å². The Labute approximate surface area is 108 Å². The van der Waals surface area contributed by atoms with Crippen molar-refractivity contribution in [1.82, 2.24) is 0 Å². The van der Waals surface area contributed by atoms with E-state index in [4.69, 9.17) is 21.6 Å². The maximum absolute atomic E-state index is 8.83. The molecule has 0 aliphatic heterocycles. The third-order valence-electron chi connectivity index (χ3n) is 2.64. The average Bonchev–Trinajstić information content (AvgIpc) is 2.31. The van der Waals surface area contributed by atoms with E-state index < -0.39 is 0 Å². The molecule has 0 spiro atoms. The Bertz CT molecular complexity index is 440. The molecule has 1 aromatic rings. The van der Waals surface area contributed by atoms with E-state index in [0.29, 0.717) is 11.6 Å². The predicted octanol–water partition coefficient (Wildman–Crippen LogP) is 3.25. The van der Waals surface area contributed by atoms with Crippen molar-refractivity contribution < 1.29 is 4.74 Å². The smallest absolute Gasteiger partial charge is 0.143 e. The summed E-state index contributed by atoms with van der Waals surface area (Å²) in [7, 11) is 3.56. The minimum Gasteiger partial charge on any atom is -0.495 e. The van der Waals surface area contributed by atoms with Crippen LogP contribution in [0.25, 0.3) is 0 Å². The minimum absolute atomic E-state index is 0.0271. The lowest BCUT2D eigenvalue weighted by Crippen LogP contribution is -2.23. The molecule has 3 nitrogen and oxygen atoms in total. The van der Waals surface area contributed by atoms with Gasteiger partial charge in [0.1, 0.15) is 5.75 Å². The molecular formula is C13H17ClN2O. The van der Waals surface area contributed by atoms with Crippen LogP contribution in [0.15, 0.2) is 12.1 Å². The monoisotopic (exact) mass is 252 g/mol. The lowest BCUT2D eigenvalue weighted by molar-refractivity contribution is 0.414. The van der Waals surface area contributed by atoms with Gasteiger partial charge in [-0.3, -0.25) is 0 Å². The average molecular weight is 253 g/mol. The van der Waals surface area contributed by atoms with Gasteiger partial charge in [-0.2, -0.15) is 5.26 Å². The van der Waals surface area contributed by atoms with Crippen LogP contribution in [-0.4, -0.2) is 20.7 Å². The van der Waals surface area contributed by atoms with Gasteiger partial charge in [0.2, 0.25) is 0 Å². The Kier molecular flexibility index (Phi) is 4.65. The summed E-state index contributed by atoms with van der Waals surface area (Å²) in [5.74, 6) is 0.703. The van der Waals surface area contributed by atoms with Crippen molar-refractivity contribution in [3.63, 3.8) is 0 Å². The van der Waals surface area contributed by atoms with Crippen molar-refractivity contribution in [1.29, 1.82) is 5.26 Å². The lowest BCUT2D eigenvalue weighted by atomic mass is 10.1. The largest absolute Gasteiger partial charge is 0.495 e. The number of benzene rings is 1.